The van der Waals surface area contributed by atoms with E-state index >= 15 is 0 Å². The van der Waals surface area contributed by atoms with Gasteiger partial charge in [0.15, 0.2) is 5.69 Å². The summed E-state index contributed by atoms with van der Waals surface area (Å²) < 4.78 is 5.64. The maximum absolute atomic E-state index is 8.58. The predicted octanol–water partition coefficient (Wildman–Crippen LogP) is 1.33. The van der Waals surface area contributed by atoms with Gasteiger partial charge in [-0.25, -0.2) is 9.97 Å². The molecule has 1 fully saturated rings. The van der Waals surface area contributed by atoms with Gasteiger partial charge in [0.2, 0.25) is 0 Å². The third kappa shape index (κ3) is 2.47. The monoisotopic (exact) mass is 218 g/mol. The zero-order valence-electron chi connectivity index (χ0n) is 9.23. The van der Waals surface area contributed by atoms with Crippen molar-refractivity contribution in [1.82, 2.24) is 9.97 Å². The van der Waals surface area contributed by atoms with Crippen LogP contribution in [0.1, 0.15) is 25.5 Å². The first-order valence-electron chi connectivity index (χ1n) is 5.32. The second-order valence-corrected chi connectivity index (χ2v) is 4.15. The summed E-state index contributed by atoms with van der Waals surface area (Å²) in [4.78, 5) is 8.03. The highest BCUT2D eigenvalue weighted by atomic mass is 16.5. The van der Waals surface area contributed by atoms with Crippen molar-refractivity contribution in [2.45, 2.75) is 25.4 Å². The van der Waals surface area contributed by atoms with Crippen LogP contribution < -0.4 is 5.32 Å². The second kappa shape index (κ2) is 4.45. The maximum atomic E-state index is 8.58. The molecule has 0 bridgehead atoms. The van der Waals surface area contributed by atoms with Crippen LogP contribution in [0.25, 0.3) is 0 Å². The van der Waals surface area contributed by atoms with Crippen molar-refractivity contribution < 1.29 is 4.74 Å². The lowest BCUT2D eigenvalue weighted by molar-refractivity contribution is 0.0314. The lowest BCUT2D eigenvalue weighted by Crippen LogP contribution is -2.32. The van der Waals surface area contributed by atoms with E-state index in [1.165, 1.54) is 6.20 Å². The van der Waals surface area contributed by atoms with E-state index in [1.807, 2.05) is 6.07 Å². The van der Waals surface area contributed by atoms with Crippen LogP contribution in [0, 0.1) is 11.3 Å². The molecule has 2 heterocycles. The molecule has 0 spiro atoms. The molecule has 0 aromatic carbocycles. The number of anilines is 1. The summed E-state index contributed by atoms with van der Waals surface area (Å²) in [5, 5.41) is 11.7. The van der Waals surface area contributed by atoms with Crippen LogP contribution in [0.5, 0.6) is 0 Å². The van der Waals surface area contributed by atoms with Gasteiger partial charge in [-0.2, -0.15) is 5.26 Å². The molecule has 0 aliphatic carbocycles. The van der Waals surface area contributed by atoms with Crippen molar-refractivity contribution in [2.24, 2.45) is 0 Å². The van der Waals surface area contributed by atoms with Gasteiger partial charge >= 0.3 is 0 Å². The van der Waals surface area contributed by atoms with Crippen LogP contribution in [0.15, 0.2) is 12.4 Å². The minimum absolute atomic E-state index is 0.102. The Kier molecular flexibility index (Phi) is 3.02. The van der Waals surface area contributed by atoms with E-state index in [0.717, 1.165) is 19.4 Å². The van der Waals surface area contributed by atoms with E-state index in [-0.39, 0.29) is 5.60 Å². The van der Waals surface area contributed by atoms with Gasteiger partial charge in [-0.05, 0) is 19.8 Å². The third-order valence-electron chi connectivity index (χ3n) is 2.71. The average molecular weight is 218 g/mol. The highest BCUT2D eigenvalue weighted by Gasteiger charge is 2.29. The molecule has 1 unspecified atom stereocenters. The van der Waals surface area contributed by atoms with Gasteiger partial charge in [-0.3, -0.25) is 0 Å². The fourth-order valence-corrected chi connectivity index (χ4v) is 1.73. The molecule has 1 aromatic rings. The Bertz CT molecular complexity index is 389. The molecule has 1 aliphatic heterocycles. The molecule has 1 aromatic heterocycles. The normalized spacial score (nSPS) is 24.0. The number of nitriles is 1. The lowest BCUT2D eigenvalue weighted by atomic mass is 10.0. The van der Waals surface area contributed by atoms with Gasteiger partial charge < -0.3 is 10.1 Å². The zero-order chi connectivity index (χ0) is 11.4. The van der Waals surface area contributed by atoms with Crippen molar-refractivity contribution in [3.8, 4) is 6.07 Å². The molecule has 1 aliphatic rings. The minimum atomic E-state index is -0.102. The molecule has 1 atom stereocenters. The maximum Gasteiger partial charge on any atom is 0.158 e. The Labute approximate surface area is 94.5 Å². The SMILES string of the molecule is CC1(CNc2cnc(C#N)cn2)CCCO1. The third-order valence-corrected chi connectivity index (χ3v) is 2.71. The summed E-state index contributed by atoms with van der Waals surface area (Å²) >= 11 is 0. The van der Waals surface area contributed by atoms with Gasteiger partial charge in [0.1, 0.15) is 11.9 Å². The van der Waals surface area contributed by atoms with Gasteiger partial charge in [-0.15, -0.1) is 0 Å². The fraction of sp³-hybridized carbons (Fsp3) is 0.545. The van der Waals surface area contributed by atoms with Crippen LogP contribution in [0.3, 0.4) is 0 Å². The summed E-state index contributed by atoms with van der Waals surface area (Å²) in [5.74, 6) is 0.677. The number of nitrogens with zero attached hydrogens (tertiary/aromatic N) is 3. The van der Waals surface area contributed by atoms with Crippen LogP contribution in [-0.2, 0) is 4.74 Å². The Morgan fingerprint density at radius 3 is 3.00 bits per heavy atom. The summed E-state index contributed by atoms with van der Waals surface area (Å²) in [6, 6.07) is 1.93. The standard InChI is InChI=1S/C11H14N4O/c1-11(3-2-4-16-11)8-15-10-7-13-9(5-12)6-14-10/h6-7H,2-4,8H2,1H3,(H,14,15). The highest BCUT2D eigenvalue weighted by molar-refractivity contribution is 5.33. The summed E-state index contributed by atoms with van der Waals surface area (Å²) in [6.07, 6.45) is 5.19. The summed E-state index contributed by atoms with van der Waals surface area (Å²) in [6.45, 7) is 3.63. The molecule has 16 heavy (non-hydrogen) atoms. The van der Waals surface area contributed by atoms with Gasteiger partial charge in [0.25, 0.3) is 0 Å². The van der Waals surface area contributed by atoms with E-state index in [1.54, 1.807) is 6.20 Å². The van der Waals surface area contributed by atoms with Crippen LogP contribution in [0.2, 0.25) is 0 Å². The largest absolute Gasteiger partial charge is 0.373 e. The van der Waals surface area contributed by atoms with Crippen LogP contribution in [-0.4, -0.2) is 28.7 Å². The zero-order valence-corrected chi connectivity index (χ0v) is 9.23. The Balaban J connectivity index is 1.92. The van der Waals surface area contributed by atoms with Gasteiger partial charge in [-0.1, -0.05) is 0 Å². The van der Waals surface area contributed by atoms with Crippen molar-refractivity contribution in [3.63, 3.8) is 0 Å². The van der Waals surface area contributed by atoms with Gasteiger partial charge in [0, 0.05) is 13.2 Å². The van der Waals surface area contributed by atoms with E-state index < -0.39 is 0 Å². The molecule has 0 amide bonds. The van der Waals surface area contributed by atoms with Crippen molar-refractivity contribution >= 4 is 5.82 Å². The minimum Gasteiger partial charge on any atom is -0.373 e. The molecular formula is C11H14N4O. The molecule has 0 saturated carbocycles. The first kappa shape index (κ1) is 10.8. The van der Waals surface area contributed by atoms with Crippen LogP contribution >= 0.6 is 0 Å². The van der Waals surface area contributed by atoms with E-state index in [0.29, 0.717) is 18.1 Å². The van der Waals surface area contributed by atoms with Crippen LogP contribution in [0.4, 0.5) is 5.82 Å². The Morgan fingerprint density at radius 1 is 1.56 bits per heavy atom. The Morgan fingerprint density at radius 2 is 2.44 bits per heavy atom. The molecule has 1 saturated heterocycles. The molecule has 5 heteroatoms. The van der Waals surface area contributed by atoms with E-state index in [2.05, 4.69) is 22.2 Å². The van der Waals surface area contributed by atoms with Crippen molar-refractivity contribution in [2.75, 3.05) is 18.5 Å². The number of ether oxygens (including phenoxy) is 1. The second-order valence-electron chi connectivity index (χ2n) is 4.15. The Hall–Kier alpha value is -1.67. The number of aromatic nitrogens is 2. The molecule has 5 nitrogen and oxygen atoms in total. The average Bonchev–Trinajstić information content (AvgIpc) is 2.75. The number of rotatable bonds is 3. The molecule has 1 N–H and O–H groups in total. The fourth-order valence-electron chi connectivity index (χ4n) is 1.73. The highest BCUT2D eigenvalue weighted by Crippen LogP contribution is 2.24. The number of nitrogens with one attached hydrogen (secondary N) is 1. The lowest BCUT2D eigenvalue weighted by Gasteiger charge is -2.23. The predicted molar refractivity (Wildman–Crippen MR) is 58.8 cm³/mol. The topological polar surface area (TPSA) is 70.8 Å². The smallest absolute Gasteiger partial charge is 0.158 e. The molecular weight excluding hydrogens is 204 g/mol. The quantitative estimate of drug-likeness (QED) is 0.828. The molecule has 84 valence electrons. The van der Waals surface area contributed by atoms with E-state index in [9.17, 15) is 0 Å². The first-order chi connectivity index (χ1) is 7.72. The summed E-state index contributed by atoms with van der Waals surface area (Å²) in [5.41, 5.74) is 0.226. The molecule has 2 rings (SSSR count). The van der Waals surface area contributed by atoms with Crippen molar-refractivity contribution in [3.05, 3.63) is 18.1 Å². The number of hydrogen-bond acceptors (Lipinski definition) is 5. The first-order valence-corrected chi connectivity index (χ1v) is 5.32. The molecule has 0 radical (unpaired) electrons. The van der Waals surface area contributed by atoms with Gasteiger partial charge in [0.05, 0.1) is 18.0 Å². The van der Waals surface area contributed by atoms with E-state index in [4.69, 9.17) is 10.00 Å². The summed E-state index contributed by atoms with van der Waals surface area (Å²) in [7, 11) is 0. The number of hydrogen-bond donors (Lipinski definition) is 1. The van der Waals surface area contributed by atoms with Crippen molar-refractivity contribution in [1.29, 1.82) is 5.26 Å².